The average molecular weight is 402 g/mol. The molecule has 1 aromatic heterocycles. The summed E-state index contributed by atoms with van der Waals surface area (Å²) in [6.45, 7) is 1.91. The van der Waals surface area contributed by atoms with Gasteiger partial charge in [-0.15, -0.1) is 0 Å². The van der Waals surface area contributed by atoms with E-state index >= 15 is 0 Å². The second-order valence-corrected chi connectivity index (χ2v) is 8.56. The summed E-state index contributed by atoms with van der Waals surface area (Å²) in [7, 11) is -3.33. The zero-order valence-corrected chi connectivity index (χ0v) is 16.4. The molecule has 1 amide bonds. The van der Waals surface area contributed by atoms with Gasteiger partial charge in [-0.2, -0.15) is 5.26 Å². The lowest BCUT2D eigenvalue weighted by Gasteiger charge is -2.30. The van der Waals surface area contributed by atoms with Gasteiger partial charge in [0.1, 0.15) is 6.07 Å². The Hall–Kier alpha value is -2.83. The van der Waals surface area contributed by atoms with E-state index in [2.05, 4.69) is 14.9 Å². The zero-order valence-electron chi connectivity index (χ0n) is 15.6. The van der Waals surface area contributed by atoms with Crippen molar-refractivity contribution in [1.29, 1.82) is 5.26 Å². The number of sulfonamides is 1. The minimum atomic E-state index is -3.33. The predicted molar refractivity (Wildman–Crippen MR) is 106 cm³/mol. The number of anilines is 2. The molecule has 2 heterocycles. The Balaban J connectivity index is 1.87. The first-order valence-electron chi connectivity index (χ1n) is 8.99. The average Bonchev–Trinajstić information content (AvgIpc) is 3.16. The van der Waals surface area contributed by atoms with Crippen molar-refractivity contribution in [2.24, 2.45) is 0 Å². The second-order valence-electron chi connectivity index (χ2n) is 6.72. The van der Waals surface area contributed by atoms with E-state index in [4.69, 9.17) is 9.68 Å². The molecule has 0 saturated carbocycles. The Kier molecular flexibility index (Phi) is 6.02. The van der Waals surface area contributed by atoms with Gasteiger partial charge in [0.15, 0.2) is 5.76 Å². The van der Waals surface area contributed by atoms with Crippen molar-refractivity contribution >= 4 is 27.3 Å². The Labute approximate surface area is 164 Å². The number of nitrogens with zero attached hydrogens (tertiary/aromatic N) is 2. The van der Waals surface area contributed by atoms with Crippen molar-refractivity contribution in [3.8, 4) is 6.07 Å². The van der Waals surface area contributed by atoms with E-state index in [-0.39, 0.29) is 18.1 Å². The highest BCUT2D eigenvalue weighted by Gasteiger charge is 2.19. The number of carbonyl (C=O) groups excluding carboxylic acids is 1. The Morgan fingerprint density at radius 2 is 1.96 bits per heavy atom. The summed E-state index contributed by atoms with van der Waals surface area (Å²) in [5.74, 6) is -0.360. The van der Waals surface area contributed by atoms with Crippen LogP contribution in [0.15, 0.2) is 34.7 Å². The smallest absolute Gasteiger partial charge is 0.291 e. The molecule has 2 aromatic rings. The van der Waals surface area contributed by atoms with Crippen molar-refractivity contribution in [3.05, 3.63) is 47.4 Å². The molecule has 1 saturated heterocycles. The molecule has 2 N–H and O–H groups in total. The summed E-state index contributed by atoms with van der Waals surface area (Å²) in [5, 5.41) is 11.7. The van der Waals surface area contributed by atoms with Gasteiger partial charge in [0.2, 0.25) is 15.8 Å². The number of benzene rings is 1. The topological polar surface area (TPSA) is 115 Å². The first-order chi connectivity index (χ1) is 13.4. The first kappa shape index (κ1) is 19.9. The summed E-state index contributed by atoms with van der Waals surface area (Å²) in [4.78, 5) is 14.8. The highest BCUT2D eigenvalue weighted by molar-refractivity contribution is 7.88. The van der Waals surface area contributed by atoms with E-state index in [0.717, 1.165) is 43.4 Å². The molecule has 0 unspecified atom stereocenters. The van der Waals surface area contributed by atoms with Gasteiger partial charge < -0.3 is 14.6 Å². The maximum absolute atomic E-state index is 12.6. The highest BCUT2D eigenvalue weighted by Crippen LogP contribution is 2.30. The Morgan fingerprint density at radius 3 is 2.61 bits per heavy atom. The zero-order chi connectivity index (χ0) is 20.1. The number of hydrogen-bond acceptors (Lipinski definition) is 6. The number of nitriles is 1. The third kappa shape index (κ3) is 5.12. The lowest BCUT2D eigenvalue weighted by molar-refractivity contribution is 0.0996. The molecule has 0 radical (unpaired) electrons. The maximum atomic E-state index is 12.6. The maximum Gasteiger partial charge on any atom is 0.291 e. The number of nitrogens with one attached hydrogen (secondary N) is 2. The number of rotatable bonds is 6. The molecule has 3 rings (SSSR count). The van der Waals surface area contributed by atoms with Crippen LogP contribution in [0.2, 0.25) is 0 Å². The van der Waals surface area contributed by atoms with Crippen molar-refractivity contribution in [1.82, 2.24) is 4.72 Å². The highest BCUT2D eigenvalue weighted by atomic mass is 32.2. The molecule has 1 aliphatic rings. The van der Waals surface area contributed by atoms with Gasteiger partial charge in [-0.3, -0.25) is 4.79 Å². The minimum Gasteiger partial charge on any atom is -0.440 e. The number of hydrogen-bond donors (Lipinski definition) is 2. The van der Waals surface area contributed by atoms with Crippen LogP contribution >= 0.6 is 0 Å². The van der Waals surface area contributed by atoms with Gasteiger partial charge in [-0.25, -0.2) is 13.1 Å². The molecule has 9 heteroatoms. The van der Waals surface area contributed by atoms with Crippen LogP contribution in [0.5, 0.6) is 0 Å². The minimum absolute atomic E-state index is 0.0424. The second kappa shape index (κ2) is 8.46. The van der Waals surface area contributed by atoms with Crippen molar-refractivity contribution in [3.63, 3.8) is 0 Å². The fourth-order valence-corrected chi connectivity index (χ4v) is 3.55. The molecule has 1 aliphatic heterocycles. The van der Waals surface area contributed by atoms with E-state index < -0.39 is 15.9 Å². The summed E-state index contributed by atoms with van der Waals surface area (Å²) in [6, 6.07) is 10.2. The summed E-state index contributed by atoms with van der Waals surface area (Å²) in [5.41, 5.74) is 2.18. The van der Waals surface area contributed by atoms with Crippen LogP contribution in [0, 0.1) is 11.3 Å². The molecule has 0 aliphatic carbocycles. The van der Waals surface area contributed by atoms with E-state index in [1.165, 1.54) is 18.6 Å². The van der Waals surface area contributed by atoms with Gasteiger partial charge in [0.25, 0.3) is 5.91 Å². The van der Waals surface area contributed by atoms with Crippen molar-refractivity contribution in [2.45, 2.75) is 25.8 Å². The van der Waals surface area contributed by atoms with Crippen LogP contribution in [0.3, 0.4) is 0 Å². The van der Waals surface area contributed by atoms with Gasteiger partial charge in [0, 0.05) is 19.6 Å². The molecule has 0 atom stereocenters. The molecular weight excluding hydrogens is 380 g/mol. The fraction of sp³-hybridized carbons (Fsp3) is 0.368. The molecular formula is C19H22N4O4S. The third-order valence-electron chi connectivity index (χ3n) is 4.48. The summed E-state index contributed by atoms with van der Waals surface area (Å²) in [6.07, 6.45) is 4.43. The molecule has 28 heavy (non-hydrogen) atoms. The van der Waals surface area contributed by atoms with E-state index in [1.807, 2.05) is 18.2 Å². The lowest BCUT2D eigenvalue weighted by atomic mass is 10.1. The largest absolute Gasteiger partial charge is 0.440 e. The van der Waals surface area contributed by atoms with E-state index in [9.17, 15) is 13.2 Å². The normalized spacial score (nSPS) is 14.5. The molecule has 0 bridgehead atoms. The van der Waals surface area contributed by atoms with Crippen LogP contribution in [-0.2, 0) is 16.6 Å². The molecule has 148 valence electrons. The summed E-state index contributed by atoms with van der Waals surface area (Å²) >= 11 is 0. The third-order valence-corrected chi connectivity index (χ3v) is 5.15. The van der Waals surface area contributed by atoms with Crippen LogP contribution in [0.1, 0.15) is 41.1 Å². The van der Waals surface area contributed by atoms with Crippen LogP contribution in [-0.4, -0.2) is 33.7 Å². The molecule has 8 nitrogen and oxygen atoms in total. The van der Waals surface area contributed by atoms with Crippen molar-refractivity contribution in [2.75, 3.05) is 29.6 Å². The number of piperidine rings is 1. The molecule has 1 aromatic carbocycles. The number of furan rings is 1. The Morgan fingerprint density at radius 1 is 1.21 bits per heavy atom. The fourth-order valence-electron chi connectivity index (χ4n) is 3.12. The first-order valence-corrected chi connectivity index (χ1v) is 10.9. The lowest BCUT2D eigenvalue weighted by Crippen LogP contribution is -2.30. The van der Waals surface area contributed by atoms with Gasteiger partial charge in [0.05, 0.1) is 17.6 Å². The van der Waals surface area contributed by atoms with Gasteiger partial charge in [-0.1, -0.05) is 6.07 Å². The summed E-state index contributed by atoms with van der Waals surface area (Å²) < 4.78 is 30.4. The quantitative estimate of drug-likeness (QED) is 0.767. The number of carbonyl (C=O) groups is 1. The molecule has 1 fully saturated rings. The number of amides is 1. The SMILES string of the molecule is CS(=O)(=O)NCc1ccc(N2CCCCC2)c(NC(=O)c2ccc(C#N)o2)c1. The van der Waals surface area contributed by atoms with Gasteiger partial charge >= 0.3 is 0 Å². The standard InChI is InChI=1S/C19H22N4O4S/c1-28(25,26)21-13-14-5-7-17(23-9-3-2-4-10-23)16(11-14)22-19(24)18-8-6-15(12-20)27-18/h5-8,11,21H,2-4,9-10,13H2,1H3,(H,22,24). The van der Waals surface area contributed by atoms with E-state index in [0.29, 0.717) is 5.69 Å². The van der Waals surface area contributed by atoms with Gasteiger partial charge in [-0.05, 0) is 49.1 Å². The molecule has 0 spiro atoms. The van der Waals surface area contributed by atoms with Crippen LogP contribution < -0.4 is 14.9 Å². The van der Waals surface area contributed by atoms with Crippen LogP contribution in [0.25, 0.3) is 0 Å². The predicted octanol–water partition coefficient (Wildman–Crippen LogP) is 2.44. The van der Waals surface area contributed by atoms with Crippen LogP contribution in [0.4, 0.5) is 11.4 Å². The van der Waals surface area contributed by atoms with Crippen molar-refractivity contribution < 1.29 is 17.6 Å². The van der Waals surface area contributed by atoms with E-state index in [1.54, 1.807) is 6.07 Å². The Bertz CT molecular complexity index is 1000. The monoisotopic (exact) mass is 402 g/mol.